The van der Waals surface area contributed by atoms with Crippen LogP contribution in [0.5, 0.6) is 0 Å². The van der Waals surface area contributed by atoms with Crippen molar-refractivity contribution < 1.29 is 14.1 Å². The van der Waals surface area contributed by atoms with Gasteiger partial charge in [0.2, 0.25) is 0 Å². The SMILES string of the molecule is O=C1OCCc2onc(-c3ccc(Cl)cc3)c21. The lowest BCUT2D eigenvalue weighted by Gasteiger charge is -2.09. The molecule has 86 valence electrons. The number of cyclic esters (lactones) is 1. The molecule has 2 aromatic rings. The number of nitrogens with zero attached hydrogens (tertiary/aromatic N) is 1. The van der Waals surface area contributed by atoms with Crippen molar-refractivity contribution in [1.29, 1.82) is 0 Å². The molecule has 0 atom stereocenters. The van der Waals surface area contributed by atoms with Crippen LogP contribution in [0.25, 0.3) is 11.3 Å². The van der Waals surface area contributed by atoms with Crippen LogP contribution in [0.4, 0.5) is 0 Å². The molecule has 0 amide bonds. The van der Waals surface area contributed by atoms with Gasteiger partial charge in [0.05, 0.1) is 6.61 Å². The molecule has 5 heteroatoms. The first kappa shape index (κ1) is 10.4. The van der Waals surface area contributed by atoms with E-state index in [-0.39, 0.29) is 5.97 Å². The Balaban J connectivity index is 2.12. The third-order valence-corrected chi connectivity index (χ3v) is 2.90. The molecule has 4 nitrogen and oxygen atoms in total. The van der Waals surface area contributed by atoms with Crippen molar-refractivity contribution in [2.24, 2.45) is 0 Å². The van der Waals surface area contributed by atoms with Crippen molar-refractivity contribution in [2.45, 2.75) is 6.42 Å². The average Bonchev–Trinajstić information content (AvgIpc) is 2.75. The van der Waals surface area contributed by atoms with E-state index in [9.17, 15) is 4.79 Å². The summed E-state index contributed by atoms with van der Waals surface area (Å²) in [7, 11) is 0. The number of hydrogen-bond acceptors (Lipinski definition) is 4. The predicted octanol–water partition coefficient (Wildman–Crippen LogP) is 2.71. The van der Waals surface area contributed by atoms with E-state index < -0.39 is 0 Å². The first-order valence-electron chi connectivity index (χ1n) is 5.17. The van der Waals surface area contributed by atoms with Gasteiger partial charge in [-0.25, -0.2) is 4.79 Å². The fraction of sp³-hybridized carbons (Fsp3) is 0.167. The molecule has 0 radical (unpaired) electrons. The average molecular weight is 250 g/mol. The summed E-state index contributed by atoms with van der Waals surface area (Å²) in [5.74, 6) is 0.212. The van der Waals surface area contributed by atoms with E-state index >= 15 is 0 Å². The summed E-state index contributed by atoms with van der Waals surface area (Å²) < 4.78 is 10.1. The second-order valence-electron chi connectivity index (χ2n) is 3.72. The van der Waals surface area contributed by atoms with Crippen LogP contribution in [-0.4, -0.2) is 17.7 Å². The molecule has 3 rings (SSSR count). The van der Waals surface area contributed by atoms with Gasteiger partial charge < -0.3 is 9.26 Å². The van der Waals surface area contributed by atoms with Crippen LogP contribution >= 0.6 is 11.6 Å². The molecule has 1 aromatic carbocycles. The molecule has 1 aliphatic rings. The molecule has 0 unspecified atom stereocenters. The number of fused-ring (bicyclic) bond motifs is 1. The minimum atomic E-state index is -0.377. The first-order chi connectivity index (χ1) is 8.25. The third-order valence-electron chi connectivity index (χ3n) is 2.65. The van der Waals surface area contributed by atoms with E-state index in [1.165, 1.54) is 0 Å². The summed E-state index contributed by atoms with van der Waals surface area (Å²) in [6.07, 6.45) is 0.571. The summed E-state index contributed by atoms with van der Waals surface area (Å²) in [6, 6.07) is 7.07. The smallest absolute Gasteiger partial charge is 0.344 e. The highest BCUT2D eigenvalue weighted by Gasteiger charge is 2.28. The van der Waals surface area contributed by atoms with Gasteiger partial charge in [-0.2, -0.15) is 0 Å². The lowest BCUT2D eigenvalue weighted by Crippen LogP contribution is -2.16. The fourth-order valence-corrected chi connectivity index (χ4v) is 1.94. The van der Waals surface area contributed by atoms with E-state index in [1.807, 2.05) is 0 Å². The highest BCUT2D eigenvalue weighted by Crippen LogP contribution is 2.29. The number of hydrogen-bond donors (Lipinski definition) is 0. The zero-order valence-electron chi connectivity index (χ0n) is 8.77. The standard InChI is InChI=1S/C12H8ClNO3/c13-8-3-1-7(2-4-8)11-10-9(17-14-11)5-6-16-12(10)15/h1-4H,5-6H2. The summed E-state index contributed by atoms with van der Waals surface area (Å²) in [6.45, 7) is 0.348. The Bertz CT molecular complexity index is 574. The molecule has 2 heterocycles. The number of ether oxygens (including phenoxy) is 1. The van der Waals surface area contributed by atoms with Crippen molar-refractivity contribution >= 4 is 17.6 Å². The van der Waals surface area contributed by atoms with Crippen LogP contribution in [0, 0.1) is 0 Å². The number of carbonyl (C=O) groups excluding carboxylic acids is 1. The number of halogens is 1. The fourth-order valence-electron chi connectivity index (χ4n) is 1.82. The van der Waals surface area contributed by atoms with E-state index in [1.54, 1.807) is 24.3 Å². The second-order valence-corrected chi connectivity index (χ2v) is 4.16. The highest BCUT2D eigenvalue weighted by atomic mass is 35.5. The Hall–Kier alpha value is -1.81. The Morgan fingerprint density at radius 3 is 2.76 bits per heavy atom. The highest BCUT2D eigenvalue weighted by molar-refractivity contribution is 6.30. The van der Waals surface area contributed by atoms with Crippen molar-refractivity contribution in [3.63, 3.8) is 0 Å². The number of esters is 1. The van der Waals surface area contributed by atoms with Gasteiger partial charge in [0.15, 0.2) is 5.76 Å². The van der Waals surface area contributed by atoms with E-state index in [4.69, 9.17) is 20.9 Å². The molecule has 0 fully saturated rings. The predicted molar refractivity (Wildman–Crippen MR) is 60.9 cm³/mol. The Morgan fingerprint density at radius 2 is 2.00 bits per heavy atom. The maximum atomic E-state index is 11.7. The van der Waals surface area contributed by atoms with Crippen molar-refractivity contribution in [3.05, 3.63) is 40.6 Å². The molecule has 1 aliphatic heterocycles. The minimum Gasteiger partial charge on any atom is -0.461 e. The third kappa shape index (κ3) is 1.70. The van der Waals surface area contributed by atoms with Crippen LogP contribution < -0.4 is 0 Å². The molecule has 0 bridgehead atoms. The monoisotopic (exact) mass is 249 g/mol. The maximum Gasteiger partial charge on any atom is 0.344 e. The minimum absolute atomic E-state index is 0.348. The summed E-state index contributed by atoms with van der Waals surface area (Å²) in [5, 5.41) is 4.56. The Kier molecular flexibility index (Phi) is 2.37. The zero-order chi connectivity index (χ0) is 11.8. The number of carbonyl (C=O) groups is 1. The molecular weight excluding hydrogens is 242 g/mol. The van der Waals surface area contributed by atoms with E-state index in [2.05, 4.69) is 5.16 Å². The van der Waals surface area contributed by atoms with E-state index in [0.29, 0.717) is 35.1 Å². The van der Waals surface area contributed by atoms with Crippen LogP contribution in [-0.2, 0) is 11.2 Å². The molecule has 0 N–H and O–H groups in total. The van der Waals surface area contributed by atoms with Crippen LogP contribution in [0.1, 0.15) is 16.1 Å². The summed E-state index contributed by atoms with van der Waals surface area (Å²) >= 11 is 5.81. The van der Waals surface area contributed by atoms with Gasteiger partial charge in [0, 0.05) is 17.0 Å². The van der Waals surface area contributed by atoms with Crippen LogP contribution in [0.3, 0.4) is 0 Å². The molecule has 0 aliphatic carbocycles. The van der Waals surface area contributed by atoms with Crippen molar-refractivity contribution in [1.82, 2.24) is 5.16 Å². The zero-order valence-corrected chi connectivity index (χ0v) is 9.53. The van der Waals surface area contributed by atoms with Gasteiger partial charge in [-0.15, -0.1) is 0 Å². The van der Waals surface area contributed by atoms with Gasteiger partial charge in [-0.1, -0.05) is 28.9 Å². The maximum absolute atomic E-state index is 11.7. The van der Waals surface area contributed by atoms with Gasteiger partial charge >= 0.3 is 5.97 Å². The lowest BCUT2D eigenvalue weighted by molar-refractivity contribution is 0.0467. The quantitative estimate of drug-likeness (QED) is 0.729. The normalized spacial score (nSPS) is 14.3. The molecule has 0 saturated carbocycles. The Morgan fingerprint density at radius 1 is 1.24 bits per heavy atom. The van der Waals surface area contributed by atoms with Crippen molar-refractivity contribution in [2.75, 3.05) is 6.61 Å². The first-order valence-corrected chi connectivity index (χ1v) is 5.55. The Labute approximate surface area is 102 Å². The topological polar surface area (TPSA) is 52.3 Å². The van der Waals surface area contributed by atoms with Gasteiger partial charge in [-0.05, 0) is 12.1 Å². The summed E-state index contributed by atoms with van der Waals surface area (Å²) in [4.78, 5) is 11.7. The molecule has 1 aromatic heterocycles. The molecule has 0 spiro atoms. The molecule has 0 saturated heterocycles. The number of rotatable bonds is 1. The van der Waals surface area contributed by atoms with Crippen molar-refractivity contribution in [3.8, 4) is 11.3 Å². The second kappa shape index (κ2) is 3.89. The van der Waals surface area contributed by atoms with Crippen LogP contribution in [0.2, 0.25) is 5.02 Å². The molecular formula is C12H8ClNO3. The van der Waals surface area contributed by atoms with Gasteiger partial charge in [-0.3, -0.25) is 0 Å². The largest absolute Gasteiger partial charge is 0.461 e. The summed E-state index contributed by atoms with van der Waals surface area (Å²) in [5.41, 5.74) is 1.73. The number of benzene rings is 1. The number of aromatic nitrogens is 1. The van der Waals surface area contributed by atoms with Gasteiger partial charge in [0.1, 0.15) is 11.3 Å². The van der Waals surface area contributed by atoms with E-state index in [0.717, 1.165) is 5.56 Å². The van der Waals surface area contributed by atoms with Crippen LogP contribution in [0.15, 0.2) is 28.8 Å². The lowest BCUT2D eigenvalue weighted by atomic mass is 10.0. The molecule has 17 heavy (non-hydrogen) atoms. The van der Waals surface area contributed by atoms with Gasteiger partial charge in [0.25, 0.3) is 0 Å².